The Hall–Kier alpha value is -2.18. The van der Waals surface area contributed by atoms with Gasteiger partial charge in [0.25, 0.3) is 0 Å². The molecule has 1 atom stereocenters. The largest absolute Gasteiger partial charge is 0.420 e. The van der Waals surface area contributed by atoms with Crippen LogP contribution in [0.25, 0.3) is 11.5 Å². The van der Waals surface area contributed by atoms with Crippen LogP contribution in [0.4, 0.5) is 5.69 Å². The highest BCUT2D eigenvalue weighted by Gasteiger charge is 2.28. The number of nitrogens with zero attached hydrogens (tertiary/aromatic N) is 4. The number of thiophene rings is 1. The fourth-order valence-corrected chi connectivity index (χ4v) is 3.97. The monoisotopic (exact) mass is 354 g/mol. The Balaban J connectivity index is 1.43. The van der Waals surface area contributed by atoms with Gasteiger partial charge < -0.3 is 9.32 Å². The van der Waals surface area contributed by atoms with Gasteiger partial charge in [-0.1, -0.05) is 6.07 Å². The predicted octanol–water partition coefficient (Wildman–Crippen LogP) is 3.85. The molecule has 1 aliphatic heterocycles. The van der Waals surface area contributed by atoms with E-state index in [9.17, 15) is 0 Å². The Bertz CT molecular complexity index is 810. The Morgan fingerprint density at radius 2 is 2.04 bits per heavy atom. The molecule has 4 rings (SSSR count). The van der Waals surface area contributed by atoms with Gasteiger partial charge in [-0.15, -0.1) is 21.5 Å². The third-order valence-electron chi connectivity index (χ3n) is 4.65. The Morgan fingerprint density at radius 3 is 2.76 bits per heavy atom. The van der Waals surface area contributed by atoms with Gasteiger partial charge in [0.15, 0.2) is 0 Å². The van der Waals surface area contributed by atoms with E-state index in [0.29, 0.717) is 11.8 Å². The fourth-order valence-electron chi connectivity index (χ4n) is 3.22. The van der Waals surface area contributed by atoms with Gasteiger partial charge in [0.2, 0.25) is 11.8 Å². The predicted molar refractivity (Wildman–Crippen MR) is 101 cm³/mol. The first-order valence-electron chi connectivity index (χ1n) is 8.55. The summed E-state index contributed by atoms with van der Waals surface area (Å²) in [6.45, 7) is 3.08. The number of rotatable bonds is 5. The van der Waals surface area contributed by atoms with Gasteiger partial charge in [-0.2, -0.15) is 0 Å². The summed E-state index contributed by atoms with van der Waals surface area (Å²) in [5.41, 5.74) is 2.13. The lowest BCUT2D eigenvalue weighted by molar-refractivity contribution is 0.323. The second-order valence-corrected chi connectivity index (χ2v) is 7.72. The van der Waals surface area contributed by atoms with E-state index in [-0.39, 0.29) is 0 Å². The Kier molecular flexibility index (Phi) is 4.55. The quantitative estimate of drug-likeness (QED) is 0.696. The van der Waals surface area contributed by atoms with Gasteiger partial charge in [0.1, 0.15) is 0 Å². The molecule has 1 aromatic carbocycles. The average molecular weight is 354 g/mol. The van der Waals surface area contributed by atoms with Crippen LogP contribution in [-0.4, -0.2) is 42.3 Å². The number of benzene rings is 1. The minimum Gasteiger partial charge on any atom is -0.420 e. The van der Waals surface area contributed by atoms with Crippen molar-refractivity contribution in [2.45, 2.75) is 18.9 Å². The van der Waals surface area contributed by atoms with Gasteiger partial charge in [0.05, 0.1) is 5.92 Å². The zero-order chi connectivity index (χ0) is 17.2. The number of likely N-dealkylation sites (tertiary alicyclic amines) is 1. The number of hydrogen-bond acceptors (Lipinski definition) is 6. The van der Waals surface area contributed by atoms with E-state index in [0.717, 1.165) is 43.2 Å². The Morgan fingerprint density at radius 1 is 1.20 bits per heavy atom. The molecule has 3 heterocycles. The molecule has 1 unspecified atom stereocenters. The third-order valence-corrected chi connectivity index (χ3v) is 5.51. The van der Waals surface area contributed by atoms with Crippen molar-refractivity contribution in [3.05, 3.63) is 52.5 Å². The summed E-state index contributed by atoms with van der Waals surface area (Å²) in [6, 6.07) is 12.5. The molecular weight excluding hydrogens is 332 g/mol. The van der Waals surface area contributed by atoms with Crippen LogP contribution in [0.5, 0.6) is 0 Å². The van der Waals surface area contributed by atoms with Crippen LogP contribution in [0.1, 0.15) is 23.1 Å². The van der Waals surface area contributed by atoms with E-state index in [1.807, 2.05) is 37.6 Å². The van der Waals surface area contributed by atoms with Crippen LogP contribution in [0, 0.1) is 0 Å². The van der Waals surface area contributed by atoms with Gasteiger partial charge >= 0.3 is 0 Å². The fraction of sp³-hybridized carbons (Fsp3) is 0.368. The summed E-state index contributed by atoms with van der Waals surface area (Å²) in [6.07, 6.45) is 1.08. The molecule has 1 saturated heterocycles. The van der Waals surface area contributed by atoms with E-state index >= 15 is 0 Å². The molecule has 0 spiro atoms. The van der Waals surface area contributed by atoms with Crippen molar-refractivity contribution in [1.82, 2.24) is 15.1 Å². The van der Waals surface area contributed by atoms with Gasteiger partial charge in [-0.25, -0.2) is 0 Å². The smallest absolute Gasteiger partial charge is 0.247 e. The highest BCUT2D eigenvalue weighted by atomic mass is 32.1. The van der Waals surface area contributed by atoms with E-state index in [1.165, 1.54) is 4.88 Å². The molecule has 6 heteroatoms. The first-order valence-corrected chi connectivity index (χ1v) is 9.43. The lowest BCUT2D eigenvalue weighted by Gasteiger charge is -2.13. The standard InChI is InChI=1S/C19H22N4OS/c1-22(2)16-7-5-14(6-8-16)18-20-21-19(24-18)15-9-10-23(12-15)13-17-4-3-11-25-17/h3-8,11,15H,9-10,12-13H2,1-2H3. The lowest BCUT2D eigenvalue weighted by Crippen LogP contribution is -2.19. The highest BCUT2D eigenvalue weighted by molar-refractivity contribution is 7.09. The summed E-state index contributed by atoms with van der Waals surface area (Å²) in [5, 5.41) is 10.7. The van der Waals surface area contributed by atoms with E-state index in [4.69, 9.17) is 4.42 Å². The maximum absolute atomic E-state index is 5.98. The van der Waals surface area contributed by atoms with Crippen molar-refractivity contribution in [1.29, 1.82) is 0 Å². The molecule has 5 nitrogen and oxygen atoms in total. The molecule has 3 aromatic rings. The zero-order valence-corrected chi connectivity index (χ0v) is 15.4. The summed E-state index contributed by atoms with van der Waals surface area (Å²) >= 11 is 1.81. The van der Waals surface area contributed by atoms with Gasteiger partial charge in [0, 0.05) is 43.3 Å². The maximum Gasteiger partial charge on any atom is 0.247 e. The average Bonchev–Trinajstić information content (AvgIpc) is 3.37. The summed E-state index contributed by atoms with van der Waals surface area (Å²) < 4.78 is 5.98. The molecular formula is C19H22N4OS. The first kappa shape index (κ1) is 16.3. The lowest BCUT2D eigenvalue weighted by atomic mass is 10.1. The van der Waals surface area contributed by atoms with Gasteiger partial charge in [-0.3, -0.25) is 4.90 Å². The molecule has 0 bridgehead atoms. The van der Waals surface area contributed by atoms with E-state index in [2.05, 4.69) is 49.6 Å². The van der Waals surface area contributed by atoms with Crippen molar-refractivity contribution in [3.8, 4) is 11.5 Å². The molecule has 130 valence electrons. The normalized spacial score (nSPS) is 17.9. The molecule has 1 aliphatic rings. The second kappa shape index (κ2) is 6.98. The van der Waals surface area contributed by atoms with Crippen LogP contribution in [0.3, 0.4) is 0 Å². The summed E-state index contributed by atoms with van der Waals surface area (Å²) in [4.78, 5) is 5.95. The van der Waals surface area contributed by atoms with Crippen molar-refractivity contribution in [2.24, 2.45) is 0 Å². The van der Waals surface area contributed by atoms with Crippen molar-refractivity contribution >= 4 is 17.0 Å². The van der Waals surface area contributed by atoms with Crippen LogP contribution in [0.2, 0.25) is 0 Å². The molecule has 2 aromatic heterocycles. The van der Waals surface area contributed by atoms with Crippen LogP contribution < -0.4 is 4.90 Å². The maximum atomic E-state index is 5.98. The van der Waals surface area contributed by atoms with Crippen LogP contribution >= 0.6 is 11.3 Å². The summed E-state index contributed by atoms with van der Waals surface area (Å²) in [7, 11) is 4.06. The van der Waals surface area contributed by atoms with Crippen molar-refractivity contribution < 1.29 is 4.42 Å². The number of hydrogen-bond donors (Lipinski definition) is 0. The first-order chi connectivity index (χ1) is 12.2. The van der Waals surface area contributed by atoms with E-state index in [1.54, 1.807) is 0 Å². The third kappa shape index (κ3) is 3.60. The topological polar surface area (TPSA) is 45.4 Å². The molecule has 0 radical (unpaired) electrons. The molecule has 25 heavy (non-hydrogen) atoms. The summed E-state index contributed by atoms with van der Waals surface area (Å²) in [5.74, 6) is 1.71. The minimum atomic E-state index is 0.335. The SMILES string of the molecule is CN(C)c1ccc(-c2nnc(C3CCN(Cc4cccs4)C3)o2)cc1. The van der Waals surface area contributed by atoms with Crippen LogP contribution in [-0.2, 0) is 6.54 Å². The van der Waals surface area contributed by atoms with Crippen molar-refractivity contribution in [3.63, 3.8) is 0 Å². The molecule has 0 aliphatic carbocycles. The Labute approximate surface area is 151 Å². The van der Waals surface area contributed by atoms with Crippen LogP contribution in [0.15, 0.2) is 46.2 Å². The molecule has 0 saturated carbocycles. The molecule has 0 N–H and O–H groups in total. The highest BCUT2D eigenvalue weighted by Crippen LogP contribution is 2.30. The number of anilines is 1. The minimum absolute atomic E-state index is 0.335. The van der Waals surface area contributed by atoms with Gasteiger partial charge in [-0.05, 0) is 48.7 Å². The zero-order valence-electron chi connectivity index (χ0n) is 14.6. The number of aromatic nitrogens is 2. The molecule has 1 fully saturated rings. The van der Waals surface area contributed by atoms with Crippen molar-refractivity contribution in [2.75, 3.05) is 32.1 Å². The molecule has 0 amide bonds. The van der Waals surface area contributed by atoms with E-state index < -0.39 is 0 Å². The second-order valence-electron chi connectivity index (χ2n) is 6.69.